The molecule has 0 saturated heterocycles. The summed E-state index contributed by atoms with van der Waals surface area (Å²) in [5.74, 6) is -1.09. The summed E-state index contributed by atoms with van der Waals surface area (Å²) in [6.45, 7) is 4.56. The van der Waals surface area contributed by atoms with E-state index in [9.17, 15) is 38.2 Å². The first-order chi connectivity index (χ1) is 26.9. The Hall–Kier alpha value is -5.60. The van der Waals surface area contributed by atoms with Crippen molar-refractivity contribution in [1.29, 1.82) is 0 Å². The molecule has 4 heterocycles. The SMILES string of the molecule is CC(NC(=O)c1ccc(F)cc1)c1ccc2c(n1)C(O)CCN2C(=O)C1CC1.CC(NC(=O)c1ccc(F)cc1)c1ccc2c(n1)C(O)CCN2C(=O)C1CC1. The number of aliphatic hydroxyl groups excluding tert-OH is 2. The molecule has 4 unspecified atom stereocenters. The summed E-state index contributed by atoms with van der Waals surface area (Å²) >= 11 is 0. The summed E-state index contributed by atoms with van der Waals surface area (Å²) in [6.07, 6.45) is 3.10. The normalized spacial score (nSPS) is 19.7. The van der Waals surface area contributed by atoms with Gasteiger partial charge in [0.25, 0.3) is 11.8 Å². The van der Waals surface area contributed by atoms with Crippen LogP contribution in [0.2, 0.25) is 0 Å². The summed E-state index contributed by atoms with van der Waals surface area (Å²) in [7, 11) is 0. The van der Waals surface area contributed by atoms with E-state index in [1.165, 1.54) is 48.5 Å². The van der Waals surface area contributed by atoms with Crippen LogP contribution >= 0.6 is 0 Å². The van der Waals surface area contributed by atoms with Gasteiger partial charge in [0, 0.05) is 36.1 Å². The number of carbonyl (C=O) groups excluding carboxylic acids is 4. The van der Waals surface area contributed by atoms with Gasteiger partial charge in [0.05, 0.1) is 58.4 Å². The van der Waals surface area contributed by atoms with Crippen LogP contribution in [0.5, 0.6) is 0 Å². The van der Waals surface area contributed by atoms with Crippen LogP contribution in [-0.4, -0.2) is 56.9 Å². The van der Waals surface area contributed by atoms with E-state index in [4.69, 9.17) is 0 Å². The number of halogens is 2. The number of anilines is 2. The first-order valence-corrected chi connectivity index (χ1v) is 19.0. The van der Waals surface area contributed by atoms with Gasteiger partial charge in [0.2, 0.25) is 11.8 Å². The van der Waals surface area contributed by atoms with Gasteiger partial charge in [-0.3, -0.25) is 29.1 Å². The quantitative estimate of drug-likeness (QED) is 0.175. The van der Waals surface area contributed by atoms with Gasteiger partial charge in [-0.2, -0.15) is 0 Å². The van der Waals surface area contributed by atoms with Crippen molar-refractivity contribution < 1.29 is 38.2 Å². The smallest absolute Gasteiger partial charge is 0.251 e. The van der Waals surface area contributed by atoms with Crippen molar-refractivity contribution in [3.05, 3.63) is 118 Å². The zero-order valence-corrected chi connectivity index (χ0v) is 31.1. The third kappa shape index (κ3) is 8.61. The fraction of sp³-hybridized carbons (Fsp3) is 0.381. The van der Waals surface area contributed by atoms with Crippen molar-refractivity contribution in [3.8, 4) is 0 Å². The number of amides is 4. The molecule has 292 valence electrons. The monoisotopic (exact) mass is 766 g/mol. The number of rotatable bonds is 8. The van der Waals surface area contributed by atoms with E-state index in [0.717, 1.165) is 25.7 Å². The maximum Gasteiger partial charge on any atom is 0.251 e. The number of nitrogens with zero attached hydrogens (tertiary/aromatic N) is 4. The lowest BCUT2D eigenvalue weighted by Gasteiger charge is -2.32. The van der Waals surface area contributed by atoms with E-state index < -0.39 is 35.9 Å². The molecule has 14 heteroatoms. The average Bonchev–Trinajstić information content (AvgIpc) is 4.13. The third-order valence-corrected chi connectivity index (χ3v) is 10.5. The molecule has 4 N–H and O–H groups in total. The molecule has 4 amide bonds. The van der Waals surface area contributed by atoms with E-state index in [1.807, 2.05) is 0 Å². The molecular formula is C42H44F2N6O6. The number of pyridine rings is 2. The second-order valence-electron chi connectivity index (χ2n) is 14.8. The molecule has 8 rings (SSSR count). The van der Waals surface area contributed by atoms with Crippen LogP contribution < -0.4 is 20.4 Å². The minimum atomic E-state index is -0.738. The maximum atomic E-state index is 13.0. The predicted molar refractivity (Wildman–Crippen MR) is 202 cm³/mol. The third-order valence-electron chi connectivity index (χ3n) is 10.5. The lowest BCUT2D eigenvalue weighted by atomic mass is 10.0. The number of hydrogen-bond acceptors (Lipinski definition) is 8. The first-order valence-electron chi connectivity index (χ1n) is 19.0. The zero-order valence-electron chi connectivity index (χ0n) is 31.1. The van der Waals surface area contributed by atoms with E-state index in [-0.39, 0.29) is 35.5 Å². The molecule has 2 aliphatic carbocycles. The lowest BCUT2D eigenvalue weighted by molar-refractivity contribution is -0.120. The lowest BCUT2D eigenvalue weighted by Crippen LogP contribution is -2.38. The maximum absolute atomic E-state index is 13.0. The van der Waals surface area contributed by atoms with E-state index in [2.05, 4.69) is 20.6 Å². The highest BCUT2D eigenvalue weighted by Crippen LogP contribution is 2.40. The Labute approximate surface area is 323 Å². The summed E-state index contributed by atoms with van der Waals surface area (Å²) in [5, 5.41) is 26.4. The Kier molecular flexibility index (Phi) is 11.2. The van der Waals surface area contributed by atoms with Gasteiger partial charge < -0.3 is 30.6 Å². The molecule has 0 spiro atoms. The summed E-state index contributed by atoms with van der Waals surface area (Å²) in [4.78, 5) is 62.3. The fourth-order valence-corrected chi connectivity index (χ4v) is 6.88. The molecule has 2 aromatic heterocycles. The van der Waals surface area contributed by atoms with Crippen LogP contribution in [0, 0.1) is 23.5 Å². The van der Waals surface area contributed by atoms with Crippen molar-refractivity contribution in [2.75, 3.05) is 22.9 Å². The number of fused-ring (bicyclic) bond motifs is 2. The molecule has 4 aliphatic rings. The second-order valence-corrected chi connectivity index (χ2v) is 14.8. The number of nitrogens with one attached hydrogen (secondary N) is 2. The minimum absolute atomic E-state index is 0.0942. The van der Waals surface area contributed by atoms with Crippen LogP contribution in [0.4, 0.5) is 20.2 Å². The first kappa shape index (κ1) is 38.7. The largest absolute Gasteiger partial charge is 0.387 e. The van der Waals surface area contributed by atoms with Gasteiger partial charge in [-0.25, -0.2) is 8.78 Å². The molecule has 2 aliphatic heterocycles. The molecular weight excluding hydrogens is 722 g/mol. The van der Waals surface area contributed by atoms with Crippen LogP contribution in [0.15, 0.2) is 72.8 Å². The highest BCUT2D eigenvalue weighted by atomic mass is 19.1. The summed E-state index contributed by atoms with van der Waals surface area (Å²) < 4.78 is 26.0. The molecule has 2 fully saturated rings. The van der Waals surface area contributed by atoms with E-state index in [1.54, 1.807) is 47.9 Å². The highest BCUT2D eigenvalue weighted by molar-refractivity contribution is 5.98. The average molecular weight is 767 g/mol. The predicted octanol–water partition coefficient (Wildman–Crippen LogP) is 5.78. The van der Waals surface area contributed by atoms with E-state index >= 15 is 0 Å². The van der Waals surface area contributed by atoms with Crippen molar-refractivity contribution in [2.45, 2.75) is 76.7 Å². The Morgan fingerprint density at radius 1 is 0.589 bits per heavy atom. The Bertz CT molecular complexity index is 1970. The fourth-order valence-electron chi connectivity index (χ4n) is 6.88. The molecule has 2 aromatic carbocycles. The molecule has 0 radical (unpaired) electrons. The van der Waals surface area contributed by atoms with Crippen LogP contribution in [-0.2, 0) is 9.59 Å². The number of aliphatic hydroxyl groups is 2. The topological polar surface area (TPSA) is 165 Å². The van der Waals surface area contributed by atoms with Gasteiger partial charge in [-0.1, -0.05) is 0 Å². The number of aromatic nitrogens is 2. The summed E-state index contributed by atoms with van der Waals surface area (Å²) in [6, 6.07) is 16.9. The van der Waals surface area contributed by atoms with Crippen LogP contribution in [0.1, 0.15) is 120 Å². The van der Waals surface area contributed by atoms with Crippen molar-refractivity contribution in [1.82, 2.24) is 20.6 Å². The van der Waals surface area contributed by atoms with Gasteiger partial charge in [0.15, 0.2) is 0 Å². The van der Waals surface area contributed by atoms with E-state index in [0.29, 0.717) is 71.2 Å². The molecule has 12 nitrogen and oxygen atoms in total. The van der Waals surface area contributed by atoms with Gasteiger partial charge in [-0.15, -0.1) is 0 Å². The van der Waals surface area contributed by atoms with Crippen LogP contribution in [0.3, 0.4) is 0 Å². The number of hydrogen-bond donors (Lipinski definition) is 4. The molecule has 4 atom stereocenters. The number of carbonyl (C=O) groups is 4. The van der Waals surface area contributed by atoms with Gasteiger partial charge >= 0.3 is 0 Å². The molecule has 56 heavy (non-hydrogen) atoms. The second kappa shape index (κ2) is 16.2. The van der Waals surface area contributed by atoms with Gasteiger partial charge in [-0.05, 0) is 125 Å². The minimum Gasteiger partial charge on any atom is -0.387 e. The standard InChI is InChI=1S/2C21H22FN3O3/c2*1-12(23-20(27)13-4-6-15(22)7-5-13)16-8-9-17-19(24-16)18(26)10-11-25(17)21(28)14-2-3-14/h2*4-9,12,14,18,26H,2-3,10-11H2,1H3,(H,23,27). The Morgan fingerprint density at radius 3 is 1.29 bits per heavy atom. The molecule has 2 saturated carbocycles. The van der Waals surface area contributed by atoms with Crippen molar-refractivity contribution in [2.24, 2.45) is 11.8 Å². The molecule has 0 bridgehead atoms. The van der Waals surface area contributed by atoms with Crippen LogP contribution in [0.25, 0.3) is 0 Å². The van der Waals surface area contributed by atoms with Crippen molar-refractivity contribution in [3.63, 3.8) is 0 Å². The van der Waals surface area contributed by atoms with Crippen molar-refractivity contribution >= 4 is 35.0 Å². The summed E-state index contributed by atoms with van der Waals surface area (Å²) in [5.41, 5.74) is 4.14. The Morgan fingerprint density at radius 2 is 0.946 bits per heavy atom. The zero-order chi connectivity index (χ0) is 39.7. The molecule has 4 aromatic rings. The van der Waals surface area contributed by atoms with Gasteiger partial charge in [0.1, 0.15) is 11.6 Å². The highest BCUT2D eigenvalue weighted by Gasteiger charge is 2.39. The Balaban J connectivity index is 0.000000172. The number of benzene rings is 2.